The number of H-pyrrole nitrogens is 1. The molecule has 0 amide bonds. The van der Waals surface area contributed by atoms with Crippen LogP contribution in [-0.4, -0.2) is 34.8 Å². The maximum absolute atomic E-state index is 11.5. The Balaban J connectivity index is 0.00000210. The molecule has 0 atom stereocenters. The van der Waals surface area contributed by atoms with Crippen molar-refractivity contribution < 1.29 is 14.1 Å². The summed E-state index contributed by atoms with van der Waals surface area (Å²) in [5, 5.41) is 16.4. The molecule has 1 fully saturated rings. The monoisotopic (exact) mass is 416 g/mol. The minimum atomic E-state index is -3.74. The number of sulfonamides is 1. The van der Waals surface area contributed by atoms with E-state index in [4.69, 9.17) is 5.14 Å². The van der Waals surface area contributed by atoms with Gasteiger partial charge in [-0.1, -0.05) is 0 Å². The molecule has 0 saturated heterocycles. The molecule has 0 bridgehead atoms. The number of nitrogens with one attached hydrogen (secondary N) is 2. The third-order valence-electron chi connectivity index (χ3n) is 3.86. The van der Waals surface area contributed by atoms with Gasteiger partial charge in [0.25, 0.3) is 0 Å². The number of hydrogen-bond acceptors (Lipinski definition) is 8. The van der Waals surface area contributed by atoms with Crippen LogP contribution in [0.25, 0.3) is 10.7 Å². The van der Waals surface area contributed by atoms with Gasteiger partial charge < -0.3 is 5.32 Å². The zero-order chi connectivity index (χ0) is 18.3. The molecule has 4 rings (SSSR count). The molecule has 1 aliphatic rings. The zero-order valence-corrected chi connectivity index (χ0v) is 16.2. The highest BCUT2D eigenvalue weighted by atomic mass is 32.2. The molecule has 1 aliphatic carbocycles. The average molecular weight is 417 g/mol. The first-order valence-electron chi connectivity index (χ1n) is 7.81. The fourth-order valence-corrected chi connectivity index (χ4v) is 4.50. The molecule has 3 aromatic heterocycles. The second-order valence-electron chi connectivity index (χ2n) is 5.89. The molecule has 3 heterocycles. The second kappa shape index (κ2) is 6.65. The molecule has 0 aromatic carbocycles. The minimum absolute atomic E-state index is 0. The van der Waals surface area contributed by atoms with Crippen molar-refractivity contribution in [2.24, 2.45) is 5.14 Å². The number of thioether (sulfide) groups is 1. The number of hydrogen-bond donors (Lipinski definition) is 3. The Hall–Kier alpha value is -1.95. The van der Waals surface area contributed by atoms with Crippen LogP contribution in [0.4, 0.5) is 11.6 Å². The Morgan fingerprint density at radius 3 is 2.77 bits per heavy atom. The Kier molecular flexibility index (Phi) is 4.47. The molecule has 11 heteroatoms. The standard InChI is InChI=1S/C15H16N6O2S3.4H2/c1-24-13-7-11(17-12-6-9(20-21-12)8-2-3-8)18-15(19-13)10-4-5-14(25-10)26(16,22)23;;;;/h4-8H,2-3H2,1H3,(H2,16,22,23)(H2,17,18,19,20,21);4*1H. The molecule has 0 unspecified atom stereocenters. The Morgan fingerprint density at radius 2 is 2.12 bits per heavy atom. The van der Waals surface area contributed by atoms with E-state index in [0.29, 0.717) is 28.3 Å². The van der Waals surface area contributed by atoms with E-state index in [1.54, 1.807) is 6.07 Å². The molecule has 8 nitrogen and oxygen atoms in total. The first-order valence-corrected chi connectivity index (χ1v) is 11.4. The number of thiophene rings is 1. The van der Waals surface area contributed by atoms with Gasteiger partial charge in [0.2, 0.25) is 10.0 Å². The molecule has 0 spiro atoms. The van der Waals surface area contributed by atoms with Crippen LogP contribution in [0.1, 0.15) is 30.2 Å². The normalized spacial score (nSPS) is 14.5. The summed E-state index contributed by atoms with van der Waals surface area (Å²) in [5.41, 5.74) is 1.13. The fraction of sp³-hybridized carbons (Fsp3) is 0.267. The van der Waals surface area contributed by atoms with Crippen LogP contribution in [0.5, 0.6) is 0 Å². The molecule has 0 aliphatic heterocycles. The van der Waals surface area contributed by atoms with Gasteiger partial charge in [-0.2, -0.15) is 5.10 Å². The van der Waals surface area contributed by atoms with E-state index >= 15 is 0 Å². The molecule has 4 N–H and O–H groups in total. The van der Waals surface area contributed by atoms with Crippen LogP contribution in [0.3, 0.4) is 0 Å². The van der Waals surface area contributed by atoms with Gasteiger partial charge in [0.05, 0.1) is 4.88 Å². The van der Waals surface area contributed by atoms with Crippen LogP contribution >= 0.6 is 23.1 Å². The third-order valence-corrected chi connectivity index (χ3v) is 7.01. The maximum Gasteiger partial charge on any atom is 0.247 e. The van der Waals surface area contributed by atoms with Gasteiger partial charge >= 0.3 is 0 Å². The lowest BCUT2D eigenvalue weighted by atomic mass is 10.3. The van der Waals surface area contributed by atoms with Gasteiger partial charge in [0.1, 0.15) is 15.1 Å². The van der Waals surface area contributed by atoms with Crippen molar-refractivity contribution in [1.82, 2.24) is 20.2 Å². The highest BCUT2D eigenvalue weighted by Gasteiger charge is 2.25. The summed E-state index contributed by atoms with van der Waals surface area (Å²) in [7, 11) is -3.74. The van der Waals surface area contributed by atoms with Crippen LogP contribution < -0.4 is 10.5 Å². The highest BCUT2D eigenvalue weighted by Crippen LogP contribution is 2.39. The quantitative estimate of drug-likeness (QED) is 0.411. The van der Waals surface area contributed by atoms with Crippen molar-refractivity contribution in [3.05, 3.63) is 30.0 Å². The largest absolute Gasteiger partial charge is 0.323 e. The fourth-order valence-electron chi connectivity index (χ4n) is 2.43. The van der Waals surface area contributed by atoms with E-state index in [-0.39, 0.29) is 9.92 Å². The Morgan fingerprint density at radius 1 is 1.31 bits per heavy atom. The summed E-state index contributed by atoms with van der Waals surface area (Å²) in [4.78, 5) is 9.59. The van der Waals surface area contributed by atoms with Crippen LogP contribution in [-0.2, 0) is 10.0 Å². The van der Waals surface area contributed by atoms with Crippen molar-refractivity contribution >= 4 is 44.8 Å². The van der Waals surface area contributed by atoms with E-state index in [0.717, 1.165) is 22.1 Å². The van der Waals surface area contributed by atoms with Gasteiger partial charge in [-0.3, -0.25) is 5.10 Å². The van der Waals surface area contributed by atoms with Gasteiger partial charge in [-0.05, 0) is 31.2 Å². The lowest BCUT2D eigenvalue weighted by Gasteiger charge is -2.06. The van der Waals surface area contributed by atoms with E-state index in [1.807, 2.05) is 18.4 Å². The van der Waals surface area contributed by atoms with E-state index in [9.17, 15) is 8.42 Å². The smallest absolute Gasteiger partial charge is 0.247 e. The van der Waals surface area contributed by atoms with Crippen molar-refractivity contribution in [3.63, 3.8) is 0 Å². The number of aromatic amines is 1. The number of rotatable bonds is 6. The van der Waals surface area contributed by atoms with E-state index < -0.39 is 10.0 Å². The second-order valence-corrected chi connectivity index (χ2v) is 9.59. The van der Waals surface area contributed by atoms with E-state index in [1.165, 1.54) is 30.7 Å². The molecule has 1 saturated carbocycles. The first-order chi connectivity index (χ1) is 12.4. The van der Waals surface area contributed by atoms with Gasteiger partial charge in [0, 0.05) is 29.5 Å². The predicted octanol–water partition coefficient (Wildman–Crippen LogP) is 3.90. The highest BCUT2D eigenvalue weighted by molar-refractivity contribution is 7.98. The topological polar surface area (TPSA) is 127 Å². The number of anilines is 2. The summed E-state index contributed by atoms with van der Waals surface area (Å²) in [5.74, 6) is 2.32. The summed E-state index contributed by atoms with van der Waals surface area (Å²) in [6.07, 6.45) is 4.31. The molecular weight excluding hydrogens is 392 g/mol. The van der Waals surface area contributed by atoms with Gasteiger partial charge in [-0.25, -0.2) is 23.5 Å². The lowest BCUT2D eigenvalue weighted by Crippen LogP contribution is -2.09. The maximum atomic E-state index is 11.5. The summed E-state index contributed by atoms with van der Waals surface area (Å²) in [6, 6.07) is 6.94. The molecule has 144 valence electrons. The number of nitrogens with zero attached hydrogens (tertiary/aromatic N) is 3. The predicted molar refractivity (Wildman–Crippen MR) is 111 cm³/mol. The Bertz CT molecular complexity index is 1070. The van der Waals surface area contributed by atoms with Crippen LogP contribution in [0, 0.1) is 0 Å². The zero-order valence-electron chi connectivity index (χ0n) is 13.8. The van der Waals surface area contributed by atoms with Crippen LogP contribution in [0.2, 0.25) is 0 Å². The molecular formula is C15H24N6O2S3. The summed E-state index contributed by atoms with van der Waals surface area (Å²) in [6.45, 7) is 0. The van der Waals surface area contributed by atoms with Crippen molar-refractivity contribution in [3.8, 4) is 10.7 Å². The average Bonchev–Trinajstić information content (AvgIpc) is 3.13. The molecule has 3 aromatic rings. The molecule has 0 radical (unpaired) electrons. The van der Waals surface area contributed by atoms with Gasteiger partial charge in [-0.15, -0.1) is 23.1 Å². The summed E-state index contributed by atoms with van der Waals surface area (Å²) >= 11 is 2.52. The van der Waals surface area contributed by atoms with Crippen LogP contribution in [0.15, 0.2) is 33.5 Å². The number of aromatic nitrogens is 4. The van der Waals surface area contributed by atoms with E-state index in [2.05, 4.69) is 25.5 Å². The molecule has 26 heavy (non-hydrogen) atoms. The number of nitrogens with two attached hydrogens (primary N) is 1. The van der Waals surface area contributed by atoms with Gasteiger partial charge in [0.15, 0.2) is 11.6 Å². The van der Waals surface area contributed by atoms with Crippen molar-refractivity contribution in [2.75, 3.05) is 11.6 Å². The van der Waals surface area contributed by atoms with Crippen molar-refractivity contribution in [2.45, 2.75) is 28.0 Å². The minimum Gasteiger partial charge on any atom is -0.323 e. The SMILES string of the molecule is CSc1cc(Nc2cc(C3CC3)[nH]n2)nc(-c2ccc(S(N)(=O)=O)s2)n1.[HH].[HH].[HH].[HH]. The first kappa shape index (κ1) is 17.5. The lowest BCUT2D eigenvalue weighted by molar-refractivity contribution is 0.600. The summed E-state index contributed by atoms with van der Waals surface area (Å²) < 4.78 is 23.1. The van der Waals surface area contributed by atoms with Crippen molar-refractivity contribution in [1.29, 1.82) is 0 Å². The Labute approximate surface area is 164 Å². The number of primary sulfonamides is 1. The third kappa shape index (κ3) is 3.75.